The highest BCUT2D eigenvalue weighted by Crippen LogP contribution is 2.51. The normalized spacial score (nSPS) is 22.2. The van der Waals surface area contributed by atoms with Crippen LogP contribution in [0.4, 0.5) is 0 Å². The van der Waals surface area contributed by atoms with Crippen LogP contribution in [0.3, 0.4) is 0 Å². The molecule has 0 bridgehead atoms. The van der Waals surface area contributed by atoms with Crippen molar-refractivity contribution in [2.24, 2.45) is 0 Å². The summed E-state index contributed by atoms with van der Waals surface area (Å²) < 4.78 is 21.0. The molecule has 1 saturated heterocycles. The Labute approximate surface area is 96.7 Å². The molecule has 16 heavy (non-hydrogen) atoms. The molecule has 1 fully saturated rings. The minimum absolute atomic E-state index is 0.0664. The molecule has 0 radical (unpaired) electrons. The van der Waals surface area contributed by atoms with Gasteiger partial charge in [-0.15, -0.1) is 0 Å². The maximum Gasteiger partial charge on any atom is 0.345 e. The lowest BCUT2D eigenvalue weighted by molar-refractivity contribution is -0.130. The Kier molecular flexibility index (Phi) is 4.50. The summed E-state index contributed by atoms with van der Waals surface area (Å²) in [6.45, 7) is 3.94. The van der Waals surface area contributed by atoms with Gasteiger partial charge in [0, 0.05) is 40.2 Å². The summed E-state index contributed by atoms with van der Waals surface area (Å²) in [5.74, 6) is 0.0664. The Morgan fingerprint density at radius 3 is 2.06 bits per heavy atom. The smallest absolute Gasteiger partial charge is 0.340 e. The topological polar surface area (TPSA) is 53.1 Å². The van der Waals surface area contributed by atoms with Crippen molar-refractivity contribution in [1.82, 2.24) is 14.2 Å². The summed E-state index contributed by atoms with van der Waals surface area (Å²) in [5.41, 5.74) is 0. The number of nitrogens with zero attached hydrogens (tertiary/aromatic N) is 3. The van der Waals surface area contributed by atoms with Gasteiger partial charge in [0.25, 0.3) is 0 Å². The second-order valence-corrected chi connectivity index (χ2v) is 6.69. The van der Waals surface area contributed by atoms with Gasteiger partial charge in [-0.3, -0.25) is 9.36 Å². The fourth-order valence-corrected chi connectivity index (χ4v) is 3.54. The number of carbonyl (C=O) groups excluding carboxylic acids is 1. The largest absolute Gasteiger partial charge is 0.345 e. The Balaban J connectivity index is 2.65. The minimum Gasteiger partial charge on any atom is -0.340 e. The van der Waals surface area contributed by atoms with Crippen molar-refractivity contribution in [2.75, 3.05) is 47.4 Å². The Bertz CT molecular complexity index is 300. The highest BCUT2D eigenvalue weighted by atomic mass is 31.2. The molecule has 1 atom stereocenters. The van der Waals surface area contributed by atoms with E-state index in [0.29, 0.717) is 26.2 Å². The molecule has 0 N–H and O–H groups in total. The standard InChI is InChI=1S/C9H20N3O3P/c1-9(13)11-5-7-12(8-6-11)16(14,15-4)10(2)3/h5-8H2,1-4H3. The zero-order valence-electron chi connectivity index (χ0n) is 10.3. The van der Waals surface area contributed by atoms with E-state index in [1.54, 1.807) is 30.6 Å². The predicted octanol–water partition coefficient (Wildman–Crippen LogP) is 0.467. The monoisotopic (exact) mass is 249 g/mol. The van der Waals surface area contributed by atoms with Gasteiger partial charge in [-0.1, -0.05) is 0 Å². The number of rotatable bonds is 3. The van der Waals surface area contributed by atoms with Gasteiger partial charge in [-0.05, 0) is 14.1 Å². The third-order valence-electron chi connectivity index (χ3n) is 2.80. The maximum atomic E-state index is 12.4. The van der Waals surface area contributed by atoms with Crippen molar-refractivity contribution >= 4 is 13.6 Å². The van der Waals surface area contributed by atoms with E-state index in [-0.39, 0.29) is 5.91 Å². The van der Waals surface area contributed by atoms with Crippen LogP contribution >= 0.6 is 7.67 Å². The zero-order valence-corrected chi connectivity index (χ0v) is 11.2. The first-order valence-electron chi connectivity index (χ1n) is 5.26. The number of amides is 1. The van der Waals surface area contributed by atoms with Crippen molar-refractivity contribution in [3.63, 3.8) is 0 Å². The van der Waals surface area contributed by atoms with Crippen LogP contribution in [0.1, 0.15) is 6.92 Å². The first-order valence-corrected chi connectivity index (χ1v) is 6.79. The van der Waals surface area contributed by atoms with Crippen molar-refractivity contribution in [1.29, 1.82) is 0 Å². The molecule has 0 saturated carbocycles. The SMILES string of the molecule is COP(=O)(N(C)C)N1CCN(C(C)=O)CC1. The van der Waals surface area contributed by atoms with Crippen LogP contribution in [-0.4, -0.2) is 67.5 Å². The van der Waals surface area contributed by atoms with Crippen molar-refractivity contribution < 1.29 is 13.9 Å². The van der Waals surface area contributed by atoms with Gasteiger partial charge in [0.15, 0.2) is 0 Å². The molecule has 1 unspecified atom stereocenters. The van der Waals surface area contributed by atoms with Gasteiger partial charge < -0.3 is 9.42 Å². The third-order valence-corrected chi connectivity index (χ3v) is 5.40. The molecule has 1 amide bonds. The van der Waals surface area contributed by atoms with E-state index >= 15 is 0 Å². The van der Waals surface area contributed by atoms with E-state index < -0.39 is 7.67 Å². The van der Waals surface area contributed by atoms with E-state index in [1.165, 1.54) is 7.11 Å². The molecule has 1 aliphatic rings. The van der Waals surface area contributed by atoms with Crippen LogP contribution in [0.25, 0.3) is 0 Å². The third kappa shape index (κ3) is 2.63. The van der Waals surface area contributed by atoms with E-state index in [9.17, 15) is 9.36 Å². The maximum absolute atomic E-state index is 12.4. The van der Waals surface area contributed by atoms with Gasteiger partial charge in [-0.2, -0.15) is 0 Å². The van der Waals surface area contributed by atoms with Gasteiger partial charge >= 0.3 is 7.67 Å². The lowest BCUT2D eigenvalue weighted by atomic mass is 10.3. The summed E-state index contributed by atoms with van der Waals surface area (Å²) in [7, 11) is 2.06. The van der Waals surface area contributed by atoms with E-state index in [0.717, 1.165) is 0 Å². The minimum atomic E-state index is -2.88. The van der Waals surface area contributed by atoms with Crippen molar-refractivity contribution in [3.05, 3.63) is 0 Å². The lowest BCUT2D eigenvalue weighted by Crippen LogP contribution is -2.48. The van der Waals surface area contributed by atoms with E-state index in [4.69, 9.17) is 4.52 Å². The van der Waals surface area contributed by atoms with Crippen LogP contribution in [-0.2, 0) is 13.9 Å². The van der Waals surface area contributed by atoms with Crippen LogP contribution in [0.5, 0.6) is 0 Å². The Morgan fingerprint density at radius 1 is 1.25 bits per heavy atom. The summed E-state index contributed by atoms with van der Waals surface area (Å²) in [5, 5.41) is 0. The van der Waals surface area contributed by atoms with Crippen LogP contribution in [0, 0.1) is 0 Å². The number of piperazine rings is 1. The molecule has 1 rings (SSSR count). The van der Waals surface area contributed by atoms with E-state index in [2.05, 4.69) is 0 Å². The quantitative estimate of drug-likeness (QED) is 0.680. The van der Waals surface area contributed by atoms with Crippen LogP contribution in [0.15, 0.2) is 0 Å². The molecule has 1 aliphatic heterocycles. The molecule has 0 aliphatic carbocycles. The lowest BCUT2D eigenvalue weighted by Gasteiger charge is -2.39. The average Bonchev–Trinajstić information content (AvgIpc) is 2.27. The summed E-state index contributed by atoms with van der Waals surface area (Å²) in [6.07, 6.45) is 0. The van der Waals surface area contributed by atoms with Gasteiger partial charge in [0.05, 0.1) is 0 Å². The fraction of sp³-hybridized carbons (Fsp3) is 0.889. The van der Waals surface area contributed by atoms with Crippen LogP contribution in [0.2, 0.25) is 0 Å². The zero-order chi connectivity index (χ0) is 12.3. The molecule has 0 aromatic carbocycles. The first-order chi connectivity index (χ1) is 7.41. The molecular weight excluding hydrogens is 229 g/mol. The van der Waals surface area contributed by atoms with E-state index in [1.807, 2.05) is 4.67 Å². The van der Waals surface area contributed by atoms with Crippen molar-refractivity contribution in [2.45, 2.75) is 6.92 Å². The highest BCUT2D eigenvalue weighted by Gasteiger charge is 2.36. The molecule has 1 heterocycles. The van der Waals surface area contributed by atoms with Gasteiger partial charge in [-0.25, -0.2) is 9.34 Å². The second kappa shape index (κ2) is 5.27. The first kappa shape index (κ1) is 13.6. The number of hydrogen-bond acceptors (Lipinski definition) is 3. The summed E-state index contributed by atoms with van der Waals surface area (Å²) in [4.78, 5) is 12.9. The molecular formula is C9H20N3O3P. The Morgan fingerprint density at radius 2 is 1.75 bits per heavy atom. The van der Waals surface area contributed by atoms with Crippen LogP contribution < -0.4 is 0 Å². The average molecular weight is 249 g/mol. The van der Waals surface area contributed by atoms with Crippen molar-refractivity contribution in [3.8, 4) is 0 Å². The molecule has 0 aromatic heterocycles. The molecule has 0 spiro atoms. The fourth-order valence-electron chi connectivity index (χ4n) is 1.80. The molecule has 94 valence electrons. The molecule has 0 aromatic rings. The van der Waals surface area contributed by atoms with Gasteiger partial charge in [0.1, 0.15) is 0 Å². The molecule has 7 heteroatoms. The predicted molar refractivity (Wildman–Crippen MR) is 62.1 cm³/mol. The highest BCUT2D eigenvalue weighted by molar-refractivity contribution is 7.53. The summed E-state index contributed by atoms with van der Waals surface area (Å²) in [6, 6.07) is 0. The second-order valence-electron chi connectivity index (χ2n) is 3.98. The van der Waals surface area contributed by atoms with Gasteiger partial charge in [0.2, 0.25) is 5.91 Å². The number of hydrogen-bond donors (Lipinski definition) is 0. The molecule has 6 nitrogen and oxygen atoms in total. The Hall–Kier alpha value is -0.420. The summed E-state index contributed by atoms with van der Waals surface area (Å²) >= 11 is 0. The number of carbonyl (C=O) groups is 1.